The van der Waals surface area contributed by atoms with E-state index in [0.717, 1.165) is 38.8 Å². The number of amides is 1. The highest BCUT2D eigenvalue weighted by atomic mass is 32.2. The topological polar surface area (TPSA) is 66.9 Å². The first kappa shape index (κ1) is 20.1. The summed E-state index contributed by atoms with van der Waals surface area (Å²) >= 11 is 0. The maximum absolute atomic E-state index is 13.0. The van der Waals surface area contributed by atoms with Gasteiger partial charge in [-0.1, -0.05) is 6.92 Å². The fraction of sp³-hybridized carbons (Fsp3) is 0.650. The van der Waals surface area contributed by atoms with Gasteiger partial charge in [0.25, 0.3) is 0 Å². The van der Waals surface area contributed by atoms with Gasteiger partial charge >= 0.3 is 0 Å². The maximum Gasteiger partial charge on any atom is 0.243 e. The fourth-order valence-electron chi connectivity index (χ4n) is 3.87. The van der Waals surface area contributed by atoms with Crippen molar-refractivity contribution in [3.05, 3.63) is 24.3 Å². The summed E-state index contributed by atoms with van der Waals surface area (Å²) in [6, 6.07) is 6.52. The van der Waals surface area contributed by atoms with Crippen molar-refractivity contribution in [3.8, 4) is 5.75 Å². The minimum absolute atomic E-state index is 0.119. The van der Waals surface area contributed by atoms with E-state index in [9.17, 15) is 13.2 Å². The van der Waals surface area contributed by atoms with Gasteiger partial charge < -0.3 is 9.64 Å². The van der Waals surface area contributed by atoms with Gasteiger partial charge in [-0.05, 0) is 62.8 Å². The molecule has 0 saturated carbocycles. The summed E-state index contributed by atoms with van der Waals surface area (Å²) in [4.78, 5) is 15.1. The van der Waals surface area contributed by atoms with Crippen LogP contribution >= 0.6 is 0 Å². The van der Waals surface area contributed by atoms with Crippen molar-refractivity contribution in [3.63, 3.8) is 0 Å². The van der Waals surface area contributed by atoms with Crippen molar-refractivity contribution < 1.29 is 17.9 Å². The standard InChI is InChI=1S/C20H30N2O4S/c1-3-26-18-6-8-19(9-7-18)27(24,25)22-12-4-5-17(15-22)20(23)21-13-10-16(2)11-14-21/h6-9,16-17H,3-5,10-15H2,1-2H3/t17-/m1/s1. The van der Waals surface area contributed by atoms with E-state index in [1.807, 2.05) is 11.8 Å². The third-order valence-electron chi connectivity index (χ3n) is 5.60. The molecular weight excluding hydrogens is 364 g/mol. The zero-order valence-corrected chi connectivity index (χ0v) is 17.1. The van der Waals surface area contributed by atoms with Gasteiger partial charge in [-0.3, -0.25) is 4.79 Å². The predicted molar refractivity (Wildman–Crippen MR) is 104 cm³/mol. The van der Waals surface area contributed by atoms with Gasteiger partial charge in [0.05, 0.1) is 17.4 Å². The average molecular weight is 395 g/mol. The number of hydrogen-bond acceptors (Lipinski definition) is 4. The monoisotopic (exact) mass is 394 g/mol. The summed E-state index contributed by atoms with van der Waals surface area (Å²) < 4.78 is 32.9. The number of benzene rings is 1. The molecular formula is C20H30N2O4S. The van der Waals surface area contributed by atoms with E-state index in [1.165, 1.54) is 4.31 Å². The van der Waals surface area contributed by atoms with Crippen molar-refractivity contribution in [2.75, 3.05) is 32.8 Å². The van der Waals surface area contributed by atoms with Crippen molar-refractivity contribution in [1.29, 1.82) is 0 Å². The lowest BCUT2D eigenvalue weighted by Crippen LogP contribution is -2.48. The van der Waals surface area contributed by atoms with E-state index in [0.29, 0.717) is 24.8 Å². The lowest BCUT2D eigenvalue weighted by Gasteiger charge is -2.36. The number of nitrogens with zero attached hydrogens (tertiary/aromatic N) is 2. The Morgan fingerprint density at radius 3 is 2.41 bits per heavy atom. The second-order valence-corrected chi connectivity index (χ2v) is 9.55. The molecule has 7 heteroatoms. The second-order valence-electron chi connectivity index (χ2n) is 7.61. The van der Waals surface area contributed by atoms with Crippen LogP contribution in [0.5, 0.6) is 5.75 Å². The molecule has 2 aliphatic heterocycles. The van der Waals surface area contributed by atoms with Crippen molar-refractivity contribution in [2.45, 2.75) is 44.4 Å². The minimum atomic E-state index is -3.59. The minimum Gasteiger partial charge on any atom is -0.494 e. The highest BCUT2D eigenvalue weighted by molar-refractivity contribution is 7.89. The highest BCUT2D eigenvalue weighted by Crippen LogP contribution is 2.27. The van der Waals surface area contributed by atoms with Crippen molar-refractivity contribution >= 4 is 15.9 Å². The quantitative estimate of drug-likeness (QED) is 0.770. The lowest BCUT2D eigenvalue weighted by molar-refractivity contribution is -0.138. The van der Waals surface area contributed by atoms with Crippen LogP contribution in [0.4, 0.5) is 0 Å². The molecule has 2 aliphatic rings. The molecule has 2 heterocycles. The number of carbonyl (C=O) groups excluding carboxylic acids is 1. The van der Waals surface area contributed by atoms with E-state index in [2.05, 4.69) is 6.92 Å². The molecule has 0 aliphatic carbocycles. The zero-order valence-electron chi connectivity index (χ0n) is 16.3. The molecule has 2 saturated heterocycles. The van der Waals surface area contributed by atoms with Gasteiger partial charge in [0.15, 0.2) is 0 Å². The van der Waals surface area contributed by atoms with Crippen LogP contribution in [0.15, 0.2) is 29.2 Å². The second kappa shape index (κ2) is 8.61. The van der Waals surface area contributed by atoms with Crippen LogP contribution in [0.25, 0.3) is 0 Å². The zero-order chi connectivity index (χ0) is 19.4. The predicted octanol–water partition coefficient (Wildman–Crippen LogP) is 2.74. The molecule has 0 bridgehead atoms. The third-order valence-corrected chi connectivity index (χ3v) is 7.48. The average Bonchev–Trinajstić information content (AvgIpc) is 2.69. The molecule has 150 valence electrons. The van der Waals surface area contributed by atoms with E-state index in [1.54, 1.807) is 24.3 Å². The summed E-state index contributed by atoms with van der Waals surface area (Å²) in [5.41, 5.74) is 0. The molecule has 0 aromatic heterocycles. The number of carbonyl (C=O) groups is 1. The Hall–Kier alpha value is -1.60. The van der Waals surface area contributed by atoms with Crippen LogP contribution in [0.2, 0.25) is 0 Å². The number of rotatable bonds is 5. The molecule has 2 fully saturated rings. The van der Waals surface area contributed by atoms with Crippen LogP contribution in [0.1, 0.15) is 39.5 Å². The largest absolute Gasteiger partial charge is 0.494 e. The van der Waals surface area contributed by atoms with Gasteiger partial charge in [0, 0.05) is 26.2 Å². The third kappa shape index (κ3) is 4.63. The van der Waals surface area contributed by atoms with Crippen molar-refractivity contribution in [2.24, 2.45) is 11.8 Å². The van der Waals surface area contributed by atoms with Crippen LogP contribution in [0, 0.1) is 11.8 Å². The number of piperidine rings is 2. The fourth-order valence-corrected chi connectivity index (χ4v) is 5.40. The van der Waals surface area contributed by atoms with Crippen LogP contribution in [0.3, 0.4) is 0 Å². The Bertz CT molecular complexity index is 740. The first-order chi connectivity index (χ1) is 12.9. The number of hydrogen-bond donors (Lipinski definition) is 0. The SMILES string of the molecule is CCOc1ccc(S(=O)(=O)N2CCC[C@@H](C(=O)N3CCC(C)CC3)C2)cc1. The summed E-state index contributed by atoms with van der Waals surface area (Å²) in [6.45, 7) is 6.98. The molecule has 1 amide bonds. The Kier molecular flexibility index (Phi) is 6.42. The van der Waals surface area contributed by atoms with Crippen LogP contribution < -0.4 is 4.74 Å². The molecule has 1 aromatic carbocycles. The van der Waals surface area contributed by atoms with Crippen molar-refractivity contribution in [1.82, 2.24) is 9.21 Å². The highest BCUT2D eigenvalue weighted by Gasteiger charge is 2.35. The lowest BCUT2D eigenvalue weighted by atomic mass is 9.94. The van der Waals surface area contributed by atoms with E-state index >= 15 is 0 Å². The summed E-state index contributed by atoms with van der Waals surface area (Å²) in [7, 11) is -3.59. The Balaban J connectivity index is 1.68. The molecule has 0 spiro atoms. The molecule has 1 atom stereocenters. The molecule has 27 heavy (non-hydrogen) atoms. The number of sulfonamides is 1. The van der Waals surface area contributed by atoms with Gasteiger partial charge in [-0.15, -0.1) is 0 Å². The smallest absolute Gasteiger partial charge is 0.243 e. The van der Waals surface area contributed by atoms with Gasteiger partial charge in [-0.25, -0.2) is 8.42 Å². The number of ether oxygens (including phenoxy) is 1. The van der Waals surface area contributed by atoms with Gasteiger partial charge in [0.2, 0.25) is 15.9 Å². The molecule has 0 N–H and O–H groups in total. The Morgan fingerprint density at radius 1 is 1.11 bits per heavy atom. The molecule has 3 rings (SSSR count). The molecule has 6 nitrogen and oxygen atoms in total. The van der Waals surface area contributed by atoms with E-state index in [4.69, 9.17) is 4.74 Å². The first-order valence-corrected chi connectivity index (χ1v) is 11.4. The van der Waals surface area contributed by atoms with Crippen LogP contribution in [-0.2, 0) is 14.8 Å². The van der Waals surface area contributed by atoms with Gasteiger partial charge in [-0.2, -0.15) is 4.31 Å². The van der Waals surface area contributed by atoms with E-state index in [-0.39, 0.29) is 23.3 Å². The number of likely N-dealkylation sites (tertiary alicyclic amines) is 1. The summed E-state index contributed by atoms with van der Waals surface area (Å²) in [5.74, 6) is 1.21. The van der Waals surface area contributed by atoms with E-state index < -0.39 is 10.0 Å². The Morgan fingerprint density at radius 2 is 1.78 bits per heavy atom. The maximum atomic E-state index is 13.0. The normalized spacial score (nSPS) is 22.6. The van der Waals surface area contributed by atoms with Gasteiger partial charge in [0.1, 0.15) is 5.75 Å². The summed E-state index contributed by atoms with van der Waals surface area (Å²) in [6.07, 6.45) is 3.55. The molecule has 0 unspecified atom stereocenters. The Labute approximate surface area is 162 Å². The van der Waals surface area contributed by atoms with Crippen LogP contribution in [-0.4, -0.2) is 56.3 Å². The molecule has 1 aromatic rings. The first-order valence-electron chi connectivity index (χ1n) is 9.93. The molecule has 0 radical (unpaired) electrons. The summed E-state index contributed by atoms with van der Waals surface area (Å²) in [5, 5.41) is 0.